The molecule has 22 heavy (non-hydrogen) atoms. The third-order valence-electron chi connectivity index (χ3n) is 3.22. The highest BCUT2D eigenvalue weighted by Crippen LogP contribution is 2.26. The molecule has 0 aliphatic rings. The van der Waals surface area contributed by atoms with Gasteiger partial charge in [0.05, 0.1) is 18.3 Å². The Bertz CT molecular complexity index is 728. The van der Waals surface area contributed by atoms with Gasteiger partial charge in [-0.1, -0.05) is 6.07 Å². The summed E-state index contributed by atoms with van der Waals surface area (Å²) >= 11 is 1.65. The van der Waals surface area contributed by atoms with Gasteiger partial charge in [0.15, 0.2) is 0 Å². The summed E-state index contributed by atoms with van der Waals surface area (Å²) in [6.07, 6.45) is 2.08. The Hall–Kier alpha value is -2.03. The van der Waals surface area contributed by atoms with Gasteiger partial charge in [0, 0.05) is 24.7 Å². The van der Waals surface area contributed by atoms with Crippen LogP contribution in [0, 0.1) is 0 Å². The van der Waals surface area contributed by atoms with E-state index < -0.39 is 0 Å². The number of hydrogen-bond donors (Lipinski definition) is 2. The minimum atomic E-state index is 0.00944. The van der Waals surface area contributed by atoms with Gasteiger partial charge in [0.1, 0.15) is 12.1 Å². The second kappa shape index (κ2) is 6.82. The fourth-order valence-electron chi connectivity index (χ4n) is 2.27. The van der Waals surface area contributed by atoms with Crippen LogP contribution < -0.4 is 5.32 Å². The van der Waals surface area contributed by atoms with Crippen molar-refractivity contribution < 1.29 is 9.84 Å². The molecule has 0 amide bonds. The summed E-state index contributed by atoms with van der Waals surface area (Å²) in [7, 11) is 1.63. The number of thiophene rings is 1. The van der Waals surface area contributed by atoms with E-state index >= 15 is 0 Å². The van der Waals surface area contributed by atoms with E-state index in [1.165, 1.54) is 6.33 Å². The van der Waals surface area contributed by atoms with Crippen LogP contribution in [0.3, 0.4) is 0 Å². The van der Waals surface area contributed by atoms with Crippen molar-refractivity contribution in [2.45, 2.75) is 19.1 Å². The highest BCUT2D eigenvalue weighted by Gasteiger charge is 2.15. The van der Waals surface area contributed by atoms with Crippen molar-refractivity contribution in [3.63, 3.8) is 0 Å². The van der Waals surface area contributed by atoms with Gasteiger partial charge in [-0.05, 0) is 17.9 Å². The highest BCUT2D eigenvalue weighted by atomic mass is 32.1. The quantitative estimate of drug-likeness (QED) is 0.691. The van der Waals surface area contributed by atoms with Gasteiger partial charge in [-0.3, -0.25) is 0 Å². The molecule has 8 heteroatoms. The number of fused-ring (bicyclic) bond motifs is 1. The van der Waals surface area contributed by atoms with Gasteiger partial charge in [0.25, 0.3) is 5.78 Å². The molecule has 3 aromatic heterocycles. The Morgan fingerprint density at radius 1 is 1.50 bits per heavy atom. The summed E-state index contributed by atoms with van der Waals surface area (Å²) in [5.41, 5.74) is 0.777. The van der Waals surface area contributed by atoms with Gasteiger partial charge in [-0.2, -0.15) is 14.6 Å². The smallest absolute Gasteiger partial charge is 0.254 e. The van der Waals surface area contributed by atoms with Crippen LogP contribution in [0.25, 0.3) is 5.78 Å². The first-order valence-electron chi connectivity index (χ1n) is 6.91. The third kappa shape index (κ3) is 3.08. The van der Waals surface area contributed by atoms with E-state index in [1.807, 2.05) is 23.6 Å². The molecule has 0 fully saturated rings. The average molecular weight is 319 g/mol. The number of hydrogen-bond acceptors (Lipinski definition) is 7. The number of aromatic nitrogens is 4. The highest BCUT2D eigenvalue weighted by molar-refractivity contribution is 7.10. The molecule has 3 heterocycles. The van der Waals surface area contributed by atoms with Gasteiger partial charge in [-0.15, -0.1) is 11.3 Å². The maximum absolute atomic E-state index is 9.32. The summed E-state index contributed by atoms with van der Waals surface area (Å²) in [5, 5.41) is 19.0. The molecule has 0 aromatic carbocycles. The Morgan fingerprint density at radius 2 is 2.41 bits per heavy atom. The number of methoxy groups -OCH3 is 1. The molecule has 3 aromatic rings. The molecule has 0 saturated heterocycles. The van der Waals surface area contributed by atoms with Gasteiger partial charge < -0.3 is 15.2 Å². The predicted octanol–water partition coefficient (Wildman–Crippen LogP) is 1.87. The molecule has 1 atom stereocenters. The zero-order chi connectivity index (χ0) is 15.4. The van der Waals surface area contributed by atoms with Crippen LogP contribution in [0.4, 0.5) is 5.82 Å². The molecule has 116 valence electrons. The lowest BCUT2D eigenvalue weighted by atomic mass is 10.2. The summed E-state index contributed by atoms with van der Waals surface area (Å²) in [5.74, 6) is 1.30. The predicted molar refractivity (Wildman–Crippen MR) is 83.9 cm³/mol. The SMILES string of the molecule is COCc1cc(NC(CCO)c2cccs2)n2ncnc2n1. The van der Waals surface area contributed by atoms with Crippen LogP contribution >= 0.6 is 11.3 Å². The Labute approximate surface area is 131 Å². The van der Waals surface area contributed by atoms with E-state index in [4.69, 9.17) is 4.74 Å². The van der Waals surface area contributed by atoms with Crippen molar-refractivity contribution in [3.8, 4) is 0 Å². The van der Waals surface area contributed by atoms with Gasteiger partial charge >= 0.3 is 0 Å². The van der Waals surface area contributed by atoms with Crippen molar-refractivity contribution in [1.82, 2.24) is 19.6 Å². The summed E-state index contributed by atoms with van der Waals surface area (Å²) in [6, 6.07) is 5.95. The van der Waals surface area contributed by atoms with E-state index in [-0.39, 0.29) is 12.6 Å². The molecule has 0 bridgehead atoms. The first-order chi connectivity index (χ1) is 10.8. The number of anilines is 1. The van der Waals surface area contributed by atoms with Crippen LogP contribution in [0.2, 0.25) is 0 Å². The van der Waals surface area contributed by atoms with Crippen LogP contribution in [0.1, 0.15) is 23.0 Å². The van der Waals surface area contributed by atoms with E-state index in [1.54, 1.807) is 23.0 Å². The maximum Gasteiger partial charge on any atom is 0.254 e. The zero-order valence-electron chi connectivity index (χ0n) is 12.1. The van der Waals surface area contributed by atoms with E-state index in [0.717, 1.165) is 16.4 Å². The summed E-state index contributed by atoms with van der Waals surface area (Å²) in [4.78, 5) is 9.68. The molecular weight excluding hydrogens is 302 g/mol. The lowest BCUT2D eigenvalue weighted by Gasteiger charge is -2.18. The molecule has 0 aliphatic carbocycles. The zero-order valence-corrected chi connectivity index (χ0v) is 13.0. The lowest BCUT2D eigenvalue weighted by Crippen LogP contribution is -2.15. The number of ether oxygens (including phenoxy) is 1. The van der Waals surface area contributed by atoms with Gasteiger partial charge in [0.2, 0.25) is 0 Å². The van der Waals surface area contributed by atoms with E-state index in [2.05, 4.69) is 20.4 Å². The Kier molecular flexibility index (Phi) is 4.62. The molecule has 2 N–H and O–H groups in total. The van der Waals surface area contributed by atoms with Crippen molar-refractivity contribution >= 4 is 22.9 Å². The lowest BCUT2D eigenvalue weighted by molar-refractivity contribution is 0.181. The number of aliphatic hydroxyl groups excluding tert-OH is 1. The van der Waals surface area contributed by atoms with Crippen molar-refractivity contribution in [2.24, 2.45) is 0 Å². The average Bonchev–Trinajstić information content (AvgIpc) is 3.18. The summed E-state index contributed by atoms with van der Waals surface area (Å²) < 4.78 is 6.80. The molecule has 0 radical (unpaired) electrons. The maximum atomic E-state index is 9.32. The minimum absolute atomic E-state index is 0.00944. The first-order valence-corrected chi connectivity index (χ1v) is 7.79. The van der Waals surface area contributed by atoms with Crippen LogP contribution in [-0.4, -0.2) is 38.4 Å². The number of nitrogens with zero attached hydrogens (tertiary/aromatic N) is 4. The topological polar surface area (TPSA) is 84.6 Å². The number of rotatable bonds is 7. The van der Waals surface area contributed by atoms with Gasteiger partial charge in [-0.25, -0.2) is 4.98 Å². The van der Waals surface area contributed by atoms with E-state index in [0.29, 0.717) is 18.8 Å². The fourth-order valence-corrected chi connectivity index (χ4v) is 3.08. The van der Waals surface area contributed by atoms with Crippen molar-refractivity contribution in [1.29, 1.82) is 0 Å². The first kappa shape index (κ1) is 14.9. The fraction of sp³-hybridized carbons (Fsp3) is 0.357. The second-order valence-corrected chi connectivity index (χ2v) is 5.74. The summed E-state index contributed by atoms with van der Waals surface area (Å²) in [6.45, 7) is 0.508. The molecule has 0 saturated carbocycles. The second-order valence-electron chi connectivity index (χ2n) is 4.76. The Morgan fingerprint density at radius 3 is 3.14 bits per heavy atom. The Balaban J connectivity index is 1.95. The number of aliphatic hydroxyl groups is 1. The molecule has 7 nitrogen and oxygen atoms in total. The number of nitrogens with one attached hydrogen (secondary N) is 1. The molecule has 3 rings (SSSR count). The van der Waals surface area contributed by atoms with Crippen molar-refractivity contribution in [2.75, 3.05) is 19.0 Å². The van der Waals surface area contributed by atoms with Crippen molar-refractivity contribution in [3.05, 3.63) is 40.5 Å². The largest absolute Gasteiger partial charge is 0.396 e. The third-order valence-corrected chi connectivity index (χ3v) is 4.21. The molecule has 1 unspecified atom stereocenters. The monoisotopic (exact) mass is 319 g/mol. The van der Waals surface area contributed by atoms with E-state index in [9.17, 15) is 5.11 Å². The molecular formula is C14H17N5O2S. The van der Waals surface area contributed by atoms with Crippen LogP contribution in [0.5, 0.6) is 0 Å². The molecule has 0 aliphatic heterocycles. The molecule has 0 spiro atoms. The standard InChI is InChI=1S/C14H17N5O2S/c1-21-8-10-7-13(19-14(17-10)15-9-16-19)18-11(4-5-20)12-3-2-6-22-12/h2-3,6-7,9,11,18,20H,4-5,8H2,1H3. The minimum Gasteiger partial charge on any atom is -0.396 e. The van der Waals surface area contributed by atoms with Crippen LogP contribution in [-0.2, 0) is 11.3 Å². The van der Waals surface area contributed by atoms with Crippen LogP contribution in [0.15, 0.2) is 29.9 Å². The normalized spacial score (nSPS) is 12.6.